The average molecular weight is 454 g/mol. The van der Waals surface area contributed by atoms with Gasteiger partial charge in [-0.05, 0) is 24.7 Å². The number of hydrogen-bond acceptors (Lipinski definition) is 10. The zero-order valence-electron chi connectivity index (χ0n) is 17.1. The predicted octanol–water partition coefficient (Wildman–Crippen LogP) is 2.67. The highest BCUT2D eigenvalue weighted by Crippen LogP contribution is 2.25. The van der Waals surface area contributed by atoms with Crippen molar-refractivity contribution in [3.63, 3.8) is 0 Å². The van der Waals surface area contributed by atoms with Crippen molar-refractivity contribution in [2.45, 2.75) is 66.3 Å². The maximum Gasteiger partial charge on any atom is 0.306 e. The van der Waals surface area contributed by atoms with E-state index in [1.165, 1.54) is 7.11 Å². The number of rotatable bonds is 9. The molecule has 176 valence electrons. The molecule has 1 aromatic heterocycles. The monoisotopic (exact) mass is 454 g/mol. The Balaban J connectivity index is 0. The summed E-state index contributed by atoms with van der Waals surface area (Å²) in [5, 5.41) is 14.7. The maximum atomic E-state index is 11.2. The number of amidine groups is 1. The Morgan fingerprint density at radius 2 is 2.20 bits per heavy atom. The Morgan fingerprint density at radius 3 is 2.77 bits per heavy atom. The smallest absolute Gasteiger partial charge is 0.306 e. The highest BCUT2D eigenvalue weighted by Gasteiger charge is 2.26. The van der Waals surface area contributed by atoms with Gasteiger partial charge in [-0.2, -0.15) is 4.98 Å². The third kappa shape index (κ3) is 12.0. The molecule has 1 saturated heterocycles. The van der Waals surface area contributed by atoms with Crippen LogP contribution in [0.4, 0.5) is 0 Å². The predicted molar refractivity (Wildman–Crippen MR) is 115 cm³/mol. The van der Waals surface area contributed by atoms with Gasteiger partial charge in [-0.15, -0.1) is 0 Å². The van der Waals surface area contributed by atoms with Crippen LogP contribution in [0.2, 0.25) is 0 Å². The first-order valence-corrected chi connectivity index (χ1v) is 9.66. The van der Waals surface area contributed by atoms with Crippen LogP contribution in [0, 0.1) is 5.41 Å². The molecule has 0 amide bonds. The van der Waals surface area contributed by atoms with E-state index in [0.29, 0.717) is 24.6 Å². The summed E-state index contributed by atoms with van der Waals surface area (Å²) in [5.74, 6) is 0.812. The molecule has 3 N–H and O–H groups in total. The van der Waals surface area contributed by atoms with E-state index < -0.39 is 0 Å². The van der Waals surface area contributed by atoms with Crippen molar-refractivity contribution in [2.24, 2.45) is 16.3 Å². The van der Waals surface area contributed by atoms with Crippen molar-refractivity contribution in [1.82, 2.24) is 10.1 Å². The van der Waals surface area contributed by atoms with E-state index >= 15 is 0 Å². The van der Waals surface area contributed by atoms with Crippen LogP contribution in [0.1, 0.15) is 60.1 Å². The molecule has 0 saturated carbocycles. The molecule has 0 spiro atoms. The topological polar surface area (TPSA) is 152 Å². The Bertz CT molecular complexity index is 640. The van der Waals surface area contributed by atoms with Gasteiger partial charge < -0.3 is 34.2 Å². The van der Waals surface area contributed by atoms with Gasteiger partial charge in [-0.3, -0.25) is 4.79 Å². The number of nitrogens with two attached hydrogens (primary N) is 1. The molecule has 1 aliphatic heterocycles. The van der Waals surface area contributed by atoms with Gasteiger partial charge >= 0.3 is 5.97 Å². The van der Waals surface area contributed by atoms with Gasteiger partial charge in [0.05, 0.1) is 13.5 Å². The lowest BCUT2D eigenvalue weighted by Crippen LogP contribution is -2.28. The van der Waals surface area contributed by atoms with Crippen molar-refractivity contribution < 1.29 is 34.7 Å². The summed E-state index contributed by atoms with van der Waals surface area (Å²) >= 11 is 0. The van der Waals surface area contributed by atoms with Crippen molar-refractivity contribution in [3.8, 4) is 0 Å². The molecule has 2 atom stereocenters. The summed E-state index contributed by atoms with van der Waals surface area (Å²) in [4.78, 5) is 15.4. The van der Waals surface area contributed by atoms with E-state index in [2.05, 4.69) is 29.5 Å². The van der Waals surface area contributed by atoms with Gasteiger partial charge in [-0.1, -0.05) is 31.6 Å². The van der Waals surface area contributed by atoms with Gasteiger partial charge in [0.15, 0.2) is 18.0 Å². The number of aromatic nitrogens is 2. The zero-order valence-corrected chi connectivity index (χ0v) is 18.3. The van der Waals surface area contributed by atoms with Crippen molar-refractivity contribution in [1.29, 1.82) is 0 Å². The molecule has 0 radical (unpaired) electrons. The van der Waals surface area contributed by atoms with Gasteiger partial charge in [0.25, 0.3) is 0 Å². The Morgan fingerprint density at radius 1 is 1.47 bits per heavy atom. The molecule has 12 heteroatoms. The lowest BCUT2D eigenvalue weighted by molar-refractivity contribution is -0.153. The molecule has 0 bridgehead atoms. The van der Waals surface area contributed by atoms with Gasteiger partial charge in [0.2, 0.25) is 5.89 Å². The number of carbonyl (C=O) groups excluding carboxylic acids is 1. The van der Waals surface area contributed by atoms with Crippen LogP contribution < -0.4 is 5.73 Å². The standard InChI is InChI=1S/C10H17N2O4P.C7H14N2O3.CH4.H2/c1-10(2,5-9(13)14-3)4-8-11-7(6-15-17)12-16-8;8-6(9-10)5-12-7-3-1-2-4-11-7;;/h4-6,17H2,1-3H3;7,10H,1-5H2,(H2,8,9);1H4;1H/i;;;1+2. The maximum absolute atomic E-state index is 11.2. The average Bonchev–Trinajstić information content (AvgIpc) is 3.13. The molecule has 0 aromatic carbocycles. The minimum absolute atomic E-state index is 0. The fraction of sp³-hybridized carbons (Fsp3) is 0.778. The Hall–Kier alpha value is -1.81. The van der Waals surface area contributed by atoms with Gasteiger partial charge in [-0.25, -0.2) is 0 Å². The Kier molecular flexibility index (Phi) is 14.2. The minimum Gasteiger partial charge on any atom is -0.469 e. The first kappa shape index (κ1) is 28.2. The van der Waals surface area contributed by atoms with E-state index in [1.807, 2.05) is 13.8 Å². The molecule has 2 unspecified atom stereocenters. The second-order valence-electron chi connectivity index (χ2n) is 7.21. The number of nitrogens with zero attached hydrogens (tertiary/aromatic N) is 3. The molecule has 30 heavy (non-hydrogen) atoms. The number of ether oxygens (including phenoxy) is 3. The first-order chi connectivity index (χ1) is 13.8. The van der Waals surface area contributed by atoms with Gasteiger partial charge in [0.1, 0.15) is 13.2 Å². The van der Waals surface area contributed by atoms with Crippen molar-refractivity contribution in [2.75, 3.05) is 20.3 Å². The molecular weight excluding hydrogens is 415 g/mol. The summed E-state index contributed by atoms with van der Waals surface area (Å²) in [6.45, 7) is 5.04. The number of carbonyl (C=O) groups is 1. The fourth-order valence-electron chi connectivity index (χ4n) is 2.48. The molecular formula is C18H37N4O7P. The highest BCUT2D eigenvalue weighted by molar-refractivity contribution is 7.09. The fourth-order valence-corrected chi connectivity index (χ4v) is 2.63. The van der Waals surface area contributed by atoms with Crippen LogP contribution in [0.15, 0.2) is 9.68 Å². The SMILES string of the molecule is C.COC(=O)CC(C)(C)Cc1nc(COP)no1.N/C(COC1CCCCO1)=N\O.[3HH]. The van der Waals surface area contributed by atoms with Gasteiger partial charge in [0, 0.05) is 23.9 Å². The third-order valence-corrected chi connectivity index (χ3v) is 4.05. The molecule has 2 rings (SSSR count). The first-order valence-electron chi connectivity index (χ1n) is 9.19. The quantitative estimate of drug-likeness (QED) is 0.142. The molecule has 1 aliphatic rings. The van der Waals surface area contributed by atoms with Crippen LogP contribution >= 0.6 is 9.47 Å². The summed E-state index contributed by atoms with van der Waals surface area (Å²) in [6.07, 6.45) is 3.73. The van der Waals surface area contributed by atoms with E-state index in [4.69, 9.17) is 29.5 Å². The number of esters is 1. The van der Waals surface area contributed by atoms with E-state index in [0.717, 1.165) is 25.9 Å². The lowest BCUT2D eigenvalue weighted by atomic mass is 9.86. The van der Waals surface area contributed by atoms with Crippen LogP contribution in [0.5, 0.6) is 0 Å². The van der Waals surface area contributed by atoms with E-state index in [9.17, 15) is 4.79 Å². The van der Waals surface area contributed by atoms with E-state index in [1.54, 1.807) is 0 Å². The normalized spacial score (nSPS) is 16.8. The minimum atomic E-state index is -0.279. The highest BCUT2D eigenvalue weighted by atomic mass is 31.0. The largest absolute Gasteiger partial charge is 0.469 e. The molecule has 2 heterocycles. The van der Waals surface area contributed by atoms with Crippen LogP contribution in [-0.4, -0.2) is 53.8 Å². The lowest BCUT2D eigenvalue weighted by Gasteiger charge is -2.22. The van der Waals surface area contributed by atoms with Crippen molar-refractivity contribution in [3.05, 3.63) is 11.7 Å². The number of oxime groups is 1. The molecule has 1 aromatic rings. The summed E-state index contributed by atoms with van der Waals surface area (Å²) in [5.41, 5.74) is 4.93. The molecule has 11 nitrogen and oxygen atoms in total. The summed E-state index contributed by atoms with van der Waals surface area (Å²) in [6, 6.07) is 0. The molecule has 0 aliphatic carbocycles. The summed E-state index contributed by atoms with van der Waals surface area (Å²) < 4.78 is 25.0. The third-order valence-electron chi connectivity index (χ3n) is 3.89. The zero-order chi connectivity index (χ0) is 21.7. The Labute approximate surface area is 181 Å². The van der Waals surface area contributed by atoms with Crippen LogP contribution in [0.3, 0.4) is 0 Å². The number of methoxy groups -OCH3 is 1. The molecule has 1 fully saturated rings. The number of hydrogen-bond donors (Lipinski definition) is 2. The summed E-state index contributed by atoms with van der Waals surface area (Å²) in [7, 11) is 3.50. The van der Waals surface area contributed by atoms with Crippen LogP contribution in [0.25, 0.3) is 0 Å². The second-order valence-corrected chi connectivity index (χ2v) is 7.54. The van der Waals surface area contributed by atoms with Crippen LogP contribution in [-0.2, 0) is 36.6 Å². The van der Waals surface area contributed by atoms with E-state index in [-0.39, 0.29) is 45.6 Å². The second kappa shape index (κ2) is 15.1. The van der Waals surface area contributed by atoms with Crippen molar-refractivity contribution >= 4 is 21.3 Å².